The van der Waals surface area contributed by atoms with Crippen LogP contribution in [0.3, 0.4) is 0 Å². The second kappa shape index (κ2) is 3.46. The summed E-state index contributed by atoms with van der Waals surface area (Å²) in [5.41, 5.74) is 6.41. The minimum absolute atomic E-state index is 0.370. The molecule has 0 aliphatic heterocycles. The van der Waals surface area contributed by atoms with Crippen molar-refractivity contribution in [2.24, 2.45) is 0 Å². The Balaban J connectivity index is 3.36. The maximum absolute atomic E-state index is 8.70. The van der Waals surface area contributed by atoms with Gasteiger partial charge < -0.3 is 10.5 Å². The summed E-state index contributed by atoms with van der Waals surface area (Å²) in [6, 6.07) is 5.42. The first-order valence-electron chi connectivity index (χ1n) is 3.22. The molecule has 4 heteroatoms. The molecule has 0 atom stereocenters. The van der Waals surface area contributed by atoms with Crippen LogP contribution in [-0.4, -0.2) is 7.11 Å². The molecule has 1 aromatic rings. The third-order valence-corrected chi connectivity index (χ3v) is 2.15. The number of benzene rings is 1. The molecule has 0 unspecified atom stereocenters. The normalized spacial score (nSPS) is 9.08. The number of nitrogens with two attached hydrogens (primary N) is 1. The van der Waals surface area contributed by atoms with Crippen LogP contribution in [0.1, 0.15) is 5.56 Å². The first kappa shape index (κ1) is 8.88. The first-order chi connectivity index (χ1) is 5.70. The van der Waals surface area contributed by atoms with E-state index in [0.717, 1.165) is 0 Å². The van der Waals surface area contributed by atoms with Crippen molar-refractivity contribution in [3.05, 3.63) is 22.2 Å². The van der Waals surface area contributed by atoms with Gasteiger partial charge in [-0.3, -0.25) is 0 Å². The fourth-order valence-electron chi connectivity index (χ4n) is 0.865. The Labute approximate surface area is 78.9 Å². The van der Waals surface area contributed by atoms with E-state index in [0.29, 0.717) is 21.5 Å². The molecule has 0 saturated heterocycles. The monoisotopic (exact) mass is 226 g/mol. The van der Waals surface area contributed by atoms with E-state index in [1.165, 1.54) is 7.11 Å². The van der Waals surface area contributed by atoms with Gasteiger partial charge in [-0.2, -0.15) is 5.26 Å². The molecule has 0 aliphatic carbocycles. The van der Waals surface area contributed by atoms with Crippen LogP contribution in [0.2, 0.25) is 0 Å². The van der Waals surface area contributed by atoms with Gasteiger partial charge in [0.25, 0.3) is 0 Å². The second-order valence-electron chi connectivity index (χ2n) is 2.15. The number of nitriles is 1. The molecule has 0 heterocycles. The molecule has 1 rings (SSSR count). The lowest BCUT2D eigenvalue weighted by Crippen LogP contribution is -1.96. The van der Waals surface area contributed by atoms with E-state index in [-0.39, 0.29) is 0 Å². The maximum Gasteiger partial charge on any atom is 0.143 e. The third kappa shape index (κ3) is 1.36. The SMILES string of the molecule is COc1ccc(Br)c(C#N)c1N. The quantitative estimate of drug-likeness (QED) is 0.745. The van der Waals surface area contributed by atoms with Crippen molar-refractivity contribution >= 4 is 21.6 Å². The Morgan fingerprint density at radius 3 is 2.75 bits per heavy atom. The summed E-state index contributed by atoms with van der Waals surface area (Å²) in [5.74, 6) is 0.523. The van der Waals surface area contributed by atoms with Crippen molar-refractivity contribution in [2.75, 3.05) is 12.8 Å². The van der Waals surface area contributed by atoms with Crippen LogP contribution in [0.5, 0.6) is 5.75 Å². The van der Waals surface area contributed by atoms with Crippen LogP contribution in [0.25, 0.3) is 0 Å². The molecular formula is C8H7BrN2O. The summed E-state index contributed by atoms with van der Waals surface area (Å²) in [4.78, 5) is 0. The van der Waals surface area contributed by atoms with Gasteiger partial charge in [-0.1, -0.05) is 0 Å². The van der Waals surface area contributed by atoms with Crippen LogP contribution >= 0.6 is 15.9 Å². The van der Waals surface area contributed by atoms with Crippen LogP contribution in [0, 0.1) is 11.3 Å². The summed E-state index contributed by atoms with van der Waals surface area (Å²) in [7, 11) is 1.51. The average molecular weight is 227 g/mol. The number of ether oxygens (including phenoxy) is 1. The fourth-order valence-corrected chi connectivity index (χ4v) is 1.30. The standard InChI is InChI=1S/C8H7BrN2O/c1-12-7-3-2-6(9)5(4-10)8(7)11/h2-3H,11H2,1H3. The van der Waals surface area contributed by atoms with E-state index in [1.54, 1.807) is 12.1 Å². The fraction of sp³-hybridized carbons (Fsp3) is 0.125. The van der Waals surface area contributed by atoms with Crippen LogP contribution in [-0.2, 0) is 0 Å². The van der Waals surface area contributed by atoms with Gasteiger partial charge in [0.15, 0.2) is 0 Å². The van der Waals surface area contributed by atoms with Crippen molar-refractivity contribution < 1.29 is 4.74 Å². The second-order valence-corrected chi connectivity index (χ2v) is 3.00. The summed E-state index contributed by atoms with van der Waals surface area (Å²) in [6.07, 6.45) is 0. The molecule has 0 aromatic heterocycles. The predicted octanol–water partition coefficient (Wildman–Crippen LogP) is 1.91. The molecule has 3 nitrogen and oxygen atoms in total. The smallest absolute Gasteiger partial charge is 0.143 e. The van der Waals surface area contributed by atoms with Gasteiger partial charge in [0.1, 0.15) is 11.8 Å². The van der Waals surface area contributed by atoms with Gasteiger partial charge in [-0.05, 0) is 28.1 Å². The van der Waals surface area contributed by atoms with E-state index in [1.807, 2.05) is 6.07 Å². The summed E-state index contributed by atoms with van der Waals surface area (Å²) in [6.45, 7) is 0. The number of anilines is 1. The Kier molecular flexibility index (Phi) is 2.56. The number of hydrogen-bond acceptors (Lipinski definition) is 3. The summed E-state index contributed by atoms with van der Waals surface area (Å²) in [5, 5.41) is 8.70. The molecule has 12 heavy (non-hydrogen) atoms. The van der Waals surface area contributed by atoms with Crippen LogP contribution < -0.4 is 10.5 Å². The van der Waals surface area contributed by atoms with Gasteiger partial charge >= 0.3 is 0 Å². The lowest BCUT2D eigenvalue weighted by Gasteiger charge is -2.05. The highest BCUT2D eigenvalue weighted by atomic mass is 79.9. The van der Waals surface area contributed by atoms with E-state index < -0.39 is 0 Å². The van der Waals surface area contributed by atoms with E-state index in [2.05, 4.69) is 15.9 Å². The zero-order valence-electron chi connectivity index (χ0n) is 6.47. The molecule has 0 bridgehead atoms. The zero-order valence-corrected chi connectivity index (χ0v) is 8.05. The highest BCUT2D eigenvalue weighted by Crippen LogP contribution is 2.30. The molecule has 2 N–H and O–H groups in total. The summed E-state index contributed by atoms with van der Waals surface area (Å²) >= 11 is 3.21. The topological polar surface area (TPSA) is 59.0 Å². The highest BCUT2D eigenvalue weighted by Gasteiger charge is 2.08. The van der Waals surface area contributed by atoms with Crippen molar-refractivity contribution in [1.29, 1.82) is 5.26 Å². The van der Waals surface area contributed by atoms with Gasteiger partial charge in [0.2, 0.25) is 0 Å². The number of nitrogen functional groups attached to an aromatic ring is 1. The Bertz CT molecular complexity index is 344. The van der Waals surface area contributed by atoms with Crippen molar-refractivity contribution in [3.8, 4) is 11.8 Å². The molecule has 1 aromatic carbocycles. The van der Waals surface area contributed by atoms with Crippen LogP contribution in [0.15, 0.2) is 16.6 Å². The van der Waals surface area contributed by atoms with E-state index >= 15 is 0 Å². The molecule has 0 saturated carbocycles. The van der Waals surface area contributed by atoms with E-state index in [4.69, 9.17) is 15.7 Å². The van der Waals surface area contributed by atoms with Gasteiger partial charge in [-0.15, -0.1) is 0 Å². The molecular weight excluding hydrogens is 220 g/mol. The van der Waals surface area contributed by atoms with Gasteiger partial charge in [-0.25, -0.2) is 0 Å². The highest BCUT2D eigenvalue weighted by molar-refractivity contribution is 9.10. The Morgan fingerprint density at radius 1 is 1.58 bits per heavy atom. The van der Waals surface area contributed by atoms with Crippen molar-refractivity contribution in [1.82, 2.24) is 0 Å². The molecule has 0 fully saturated rings. The minimum Gasteiger partial charge on any atom is -0.495 e. The Hall–Kier alpha value is -1.21. The predicted molar refractivity (Wildman–Crippen MR) is 49.8 cm³/mol. The minimum atomic E-state index is 0.370. The van der Waals surface area contributed by atoms with Crippen molar-refractivity contribution in [3.63, 3.8) is 0 Å². The number of hydrogen-bond donors (Lipinski definition) is 1. The molecule has 0 radical (unpaired) electrons. The molecule has 0 spiro atoms. The average Bonchev–Trinajstić information content (AvgIpc) is 2.06. The number of rotatable bonds is 1. The largest absolute Gasteiger partial charge is 0.495 e. The number of halogens is 1. The molecule has 0 aliphatic rings. The zero-order chi connectivity index (χ0) is 9.14. The third-order valence-electron chi connectivity index (χ3n) is 1.49. The Morgan fingerprint density at radius 2 is 2.25 bits per heavy atom. The van der Waals surface area contributed by atoms with Gasteiger partial charge in [0, 0.05) is 4.47 Å². The van der Waals surface area contributed by atoms with Gasteiger partial charge in [0.05, 0.1) is 18.4 Å². The summed E-state index contributed by atoms with van der Waals surface area (Å²) < 4.78 is 5.63. The number of nitrogens with zero attached hydrogens (tertiary/aromatic N) is 1. The van der Waals surface area contributed by atoms with Crippen molar-refractivity contribution in [2.45, 2.75) is 0 Å². The lowest BCUT2D eigenvalue weighted by molar-refractivity contribution is 0.417. The maximum atomic E-state index is 8.70. The molecule has 0 amide bonds. The number of methoxy groups -OCH3 is 1. The van der Waals surface area contributed by atoms with Crippen LogP contribution in [0.4, 0.5) is 5.69 Å². The van der Waals surface area contributed by atoms with E-state index in [9.17, 15) is 0 Å². The molecule has 62 valence electrons. The lowest BCUT2D eigenvalue weighted by atomic mass is 10.2. The first-order valence-corrected chi connectivity index (χ1v) is 4.02.